The fraction of sp³-hybridized carbons (Fsp3) is 0.412. The first-order valence-corrected chi connectivity index (χ1v) is 8.23. The first-order chi connectivity index (χ1) is 9.86. The van der Waals surface area contributed by atoms with Gasteiger partial charge < -0.3 is 10.2 Å². The third kappa shape index (κ3) is 3.05. The van der Waals surface area contributed by atoms with E-state index in [4.69, 9.17) is 0 Å². The smallest absolute Gasteiger partial charge is 0.0523 e. The summed E-state index contributed by atoms with van der Waals surface area (Å²) < 4.78 is 0. The van der Waals surface area contributed by atoms with E-state index in [-0.39, 0.29) is 0 Å². The highest BCUT2D eigenvalue weighted by atomic mass is 32.1. The van der Waals surface area contributed by atoms with E-state index in [1.165, 1.54) is 46.8 Å². The lowest BCUT2D eigenvalue weighted by Gasteiger charge is -2.24. The monoisotopic (exact) mass is 286 g/mol. The molecule has 0 amide bonds. The maximum atomic E-state index is 3.22. The fourth-order valence-electron chi connectivity index (χ4n) is 2.90. The van der Waals surface area contributed by atoms with Crippen LogP contribution in [0.5, 0.6) is 0 Å². The van der Waals surface area contributed by atoms with E-state index in [2.05, 4.69) is 46.6 Å². The fourth-order valence-corrected chi connectivity index (χ4v) is 3.94. The number of fused-ring (bicyclic) bond motifs is 1. The van der Waals surface area contributed by atoms with Crippen molar-refractivity contribution in [2.24, 2.45) is 0 Å². The molecule has 1 aliphatic rings. The van der Waals surface area contributed by atoms with Gasteiger partial charge in [-0.25, -0.2) is 0 Å². The van der Waals surface area contributed by atoms with Crippen LogP contribution in [0.4, 0.5) is 5.69 Å². The van der Waals surface area contributed by atoms with Gasteiger partial charge in [0, 0.05) is 28.5 Å². The SMILES string of the molecule is CNCc1ccc(CN2CCCCc3ccccc32)s1. The number of thiophene rings is 1. The van der Waals surface area contributed by atoms with Crippen LogP contribution in [0.15, 0.2) is 36.4 Å². The van der Waals surface area contributed by atoms with Crippen molar-refractivity contribution < 1.29 is 0 Å². The Balaban J connectivity index is 1.79. The van der Waals surface area contributed by atoms with E-state index in [1.807, 2.05) is 18.4 Å². The largest absolute Gasteiger partial charge is 0.366 e. The van der Waals surface area contributed by atoms with Crippen LogP contribution >= 0.6 is 11.3 Å². The molecule has 106 valence electrons. The van der Waals surface area contributed by atoms with E-state index in [1.54, 1.807) is 0 Å². The van der Waals surface area contributed by atoms with Gasteiger partial charge in [-0.15, -0.1) is 11.3 Å². The number of hydrogen-bond donors (Lipinski definition) is 1. The average molecular weight is 286 g/mol. The van der Waals surface area contributed by atoms with Crippen LogP contribution < -0.4 is 10.2 Å². The quantitative estimate of drug-likeness (QED) is 0.919. The Hall–Kier alpha value is -1.32. The summed E-state index contributed by atoms with van der Waals surface area (Å²) in [5.41, 5.74) is 2.95. The highest BCUT2D eigenvalue weighted by molar-refractivity contribution is 7.12. The second-order valence-electron chi connectivity index (χ2n) is 5.41. The normalized spacial score (nSPS) is 14.9. The minimum Gasteiger partial charge on any atom is -0.366 e. The molecule has 0 spiro atoms. The zero-order chi connectivity index (χ0) is 13.8. The first-order valence-electron chi connectivity index (χ1n) is 7.42. The van der Waals surface area contributed by atoms with Crippen molar-refractivity contribution in [3.05, 3.63) is 51.7 Å². The first kappa shape index (κ1) is 13.7. The van der Waals surface area contributed by atoms with Crippen molar-refractivity contribution in [1.82, 2.24) is 5.32 Å². The summed E-state index contributed by atoms with van der Waals surface area (Å²) in [4.78, 5) is 5.44. The molecular formula is C17H22N2S. The van der Waals surface area contributed by atoms with Crippen molar-refractivity contribution in [1.29, 1.82) is 0 Å². The molecule has 1 aromatic carbocycles. The number of nitrogens with one attached hydrogen (secondary N) is 1. The Labute approximate surface area is 125 Å². The Kier molecular flexibility index (Phi) is 4.38. The minimum absolute atomic E-state index is 0.973. The standard InChI is InChI=1S/C17H22N2S/c1-18-12-15-9-10-16(20-15)13-19-11-5-4-7-14-6-2-3-8-17(14)19/h2-3,6,8-10,18H,4-5,7,11-13H2,1H3. The van der Waals surface area contributed by atoms with Gasteiger partial charge in [0.05, 0.1) is 6.54 Å². The van der Waals surface area contributed by atoms with Crippen LogP contribution in [0.3, 0.4) is 0 Å². The molecular weight excluding hydrogens is 264 g/mol. The second-order valence-corrected chi connectivity index (χ2v) is 6.66. The molecule has 0 aliphatic carbocycles. The minimum atomic E-state index is 0.973. The maximum Gasteiger partial charge on any atom is 0.0523 e. The van der Waals surface area contributed by atoms with Gasteiger partial charge in [-0.1, -0.05) is 18.2 Å². The van der Waals surface area contributed by atoms with Crippen molar-refractivity contribution in [2.75, 3.05) is 18.5 Å². The summed E-state index contributed by atoms with van der Waals surface area (Å²) >= 11 is 1.93. The van der Waals surface area contributed by atoms with Gasteiger partial charge in [-0.3, -0.25) is 0 Å². The van der Waals surface area contributed by atoms with Crippen molar-refractivity contribution in [3.8, 4) is 0 Å². The van der Waals surface area contributed by atoms with E-state index in [9.17, 15) is 0 Å². The molecule has 0 unspecified atom stereocenters. The van der Waals surface area contributed by atoms with Gasteiger partial charge in [0.25, 0.3) is 0 Å². The summed E-state index contributed by atoms with van der Waals surface area (Å²) in [5.74, 6) is 0. The maximum absolute atomic E-state index is 3.22. The molecule has 1 aromatic heterocycles. The molecule has 2 aromatic rings. The molecule has 3 rings (SSSR count). The summed E-state index contributed by atoms with van der Waals surface area (Å²) in [7, 11) is 2.00. The molecule has 2 nitrogen and oxygen atoms in total. The number of aryl methyl sites for hydroxylation is 1. The highest BCUT2D eigenvalue weighted by Gasteiger charge is 2.15. The summed E-state index contributed by atoms with van der Waals surface area (Å²) in [6.07, 6.45) is 3.83. The topological polar surface area (TPSA) is 15.3 Å². The van der Waals surface area contributed by atoms with Crippen LogP contribution in [0.2, 0.25) is 0 Å². The third-order valence-electron chi connectivity index (χ3n) is 3.87. The van der Waals surface area contributed by atoms with Gasteiger partial charge >= 0.3 is 0 Å². The van der Waals surface area contributed by atoms with E-state index in [0.29, 0.717) is 0 Å². The Morgan fingerprint density at radius 1 is 1.10 bits per heavy atom. The second kappa shape index (κ2) is 6.42. The lowest BCUT2D eigenvalue weighted by Crippen LogP contribution is -2.22. The number of anilines is 1. The number of rotatable bonds is 4. The molecule has 0 fully saturated rings. The Bertz CT molecular complexity index is 562. The van der Waals surface area contributed by atoms with Crippen LogP contribution in [-0.2, 0) is 19.5 Å². The predicted molar refractivity (Wildman–Crippen MR) is 87.5 cm³/mol. The van der Waals surface area contributed by atoms with Gasteiger partial charge in [-0.05, 0) is 50.1 Å². The molecule has 0 radical (unpaired) electrons. The number of para-hydroxylation sites is 1. The highest BCUT2D eigenvalue weighted by Crippen LogP contribution is 2.29. The van der Waals surface area contributed by atoms with Crippen molar-refractivity contribution in [2.45, 2.75) is 32.4 Å². The van der Waals surface area contributed by atoms with Crippen molar-refractivity contribution >= 4 is 17.0 Å². The lowest BCUT2D eigenvalue weighted by molar-refractivity contribution is 0.717. The number of hydrogen-bond acceptors (Lipinski definition) is 3. The molecule has 0 atom stereocenters. The van der Waals surface area contributed by atoms with Gasteiger partial charge in [0.1, 0.15) is 0 Å². The van der Waals surface area contributed by atoms with Crippen LogP contribution in [0, 0.1) is 0 Å². The molecule has 3 heteroatoms. The molecule has 2 heterocycles. The molecule has 1 N–H and O–H groups in total. The lowest BCUT2D eigenvalue weighted by atomic mass is 10.1. The summed E-state index contributed by atoms with van der Waals surface area (Å²) in [6.45, 7) is 3.20. The zero-order valence-electron chi connectivity index (χ0n) is 12.1. The molecule has 0 saturated heterocycles. The third-order valence-corrected chi connectivity index (χ3v) is 4.94. The predicted octanol–water partition coefficient (Wildman–Crippen LogP) is 3.81. The van der Waals surface area contributed by atoms with Crippen LogP contribution in [-0.4, -0.2) is 13.6 Å². The van der Waals surface area contributed by atoms with E-state index in [0.717, 1.165) is 13.1 Å². The molecule has 0 saturated carbocycles. The van der Waals surface area contributed by atoms with Crippen molar-refractivity contribution in [3.63, 3.8) is 0 Å². The Morgan fingerprint density at radius 3 is 2.85 bits per heavy atom. The molecule has 20 heavy (non-hydrogen) atoms. The number of nitrogens with zero attached hydrogens (tertiary/aromatic N) is 1. The Morgan fingerprint density at radius 2 is 1.95 bits per heavy atom. The number of benzene rings is 1. The van der Waals surface area contributed by atoms with E-state index >= 15 is 0 Å². The summed E-state index contributed by atoms with van der Waals surface area (Å²) in [6, 6.07) is 13.4. The molecule has 0 bridgehead atoms. The molecule has 1 aliphatic heterocycles. The van der Waals surface area contributed by atoms with E-state index < -0.39 is 0 Å². The van der Waals surface area contributed by atoms with Crippen LogP contribution in [0.1, 0.15) is 28.2 Å². The zero-order valence-corrected chi connectivity index (χ0v) is 12.9. The average Bonchev–Trinajstić information content (AvgIpc) is 2.80. The van der Waals surface area contributed by atoms with Crippen LogP contribution in [0.25, 0.3) is 0 Å². The van der Waals surface area contributed by atoms with Gasteiger partial charge in [0.15, 0.2) is 0 Å². The van der Waals surface area contributed by atoms with Gasteiger partial charge in [0.2, 0.25) is 0 Å². The summed E-state index contributed by atoms with van der Waals surface area (Å²) in [5, 5.41) is 3.22. The van der Waals surface area contributed by atoms with Gasteiger partial charge in [-0.2, -0.15) is 0 Å².